The van der Waals surface area contributed by atoms with Crippen LogP contribution in [-0.2, 0) is 14.3 Å². The van der Waals surface area contributed by atoms with E-state index in [1.807, 2.05) is 20.9 Å². The molecule has 0 aromatic carbocycles. The van der Waals surface area contributed by atoms with Crippen LogP contribution in [-0.4, -0.2) is 38.9 Å². The van der Waals surface area contributed by atoms with Crippen LogP contribution in [0.1, 0.15) is 40.5 Å². The van der Waals surface area contributed by atoms with Gasteiger partial charge in [0, 0.05) is 13.2 Å². The van der Waals surface area contributed by atoms with Crippen LogP contribution in [0, 0.1) is 11.8 Å². The molecule has 1 N–H and O–H groups in total. The van der Waals surface area contributed by atoms with Crippen LogP contribution in [0.15, 0.2) is 0 Å². The van der Waals surface area contributed by atoms with Gasteiger partial charge in [-0.15, -0.1) is 0 Å². The van der Waals surface area contributed by atoms with Gasteiger partial charge in [0.25, 0.3) is 0 Å². The van der Waals surface area contributed by atoms with Crippen molar-refractivity contribution in [3.8, 4) is 0 Å². The summed E-state index contributed by atoms with van der Waals surface area (Å²) in [4.78, 5) is 11.7. The zero-order valence-corrected chi connectivity index (χ0v) is 12.7. The van der Waals surface area contributed by atoms with Gasteiger partial charge in [0.15, 0.2) is 0 Å². The Balaban J connectivity index is 4.34. The monoisotopic (exact) mass is 259 g/mol. The number of esters is 1. The van der Waals surface area contributed by atoms with E-state index in [0.29, 0.717) is 24.9 Å². The van der Waals surface area contributed by atoms with Gasteiger partial charge in [0.1, 0.15) is 0 Å². The third kappa shape index (κ3) is 6.36. The van der Waals surface area contributed by atoms with Crippen LogP contribution in [0.2, 0.25) is 0 Å². The fourth-order valence-corrected chi connectivity index (χ4v) is 1.93. The van der Waals surface area contributed by atoms with E-state index in [1.165, 1.54) is 0 Å². The third-order valence-corrected chi connectivity index (χ3v) is 3.24. The summed E-state index contributed by atoms with van der Waals surface area (Å²) in [6.45, 7) is 8.82. The Morgan fingerprint density at radius 3 is 2.28 bits per heavy atom. The summed E-state index contributed by atoms with van der Waals surface area (Å²) in [5.41, 5.74) is 0. The predicted molar refractivity (Wildman–Crippen MR) is 73.5 cm³/mol. The van der Waals surface area contributed by atoms with E-state index in [4.69, 9.17) is 9.47 Å². The fraction of sp³-hybridized carbons (Fsp3) is 0.929. The second kappa shape index (κ2) is 9.34. The molecule has 0 saturated heterocycles. The van der Waals surface area contributed by atoms with Gasteiger partial charge in [0.05, 0.1) is 19.1 Å². The van der Waals surface area contributed by atoms with Crippen LogP contribution in [0.5, 0.6) is 0 Å². The molecule has 0 aromatic heterocycles. The van der Waals surface area contributed by atoms with E-state index >= 15 is 0 Å². The molecule has 0 heterocycles. The number of rotatable bonds is 9. The molecular weight excluding hydrogens is 230 g/mol. The highest BCUT2D eigenvalue weighted by Gasteiger charge is 2.27. The quantitative estimate of drug-likeness (QED) is 0.645. The van der Waals surface area contributed by atoms with Crippen LogP contribution in [0.3, 0.4) is 0 Å². The predicted octanol–water partition coefficient (Wildman–Crippen LogP) is 2.22. The lowest BCUT2D eigenvalue weighted by molar-refractivity contribution is -0.148. The maximum absolute atomic E-state index is 11.7. The van der Waals surface area contributed by atoms with Gasteiger partial charge < -0.3 is 14.8 Å². The molecule has 0 bridgehead atoms. The Kier molecular flexibility index (Phi) is 9.02. The Morgan fingerprint density at radius 2 is 1.89 bits per heavy atom. The first-order valence-corrected chi connectivity index (χ1v) is 6.81. The highest BCUT2D eigenvalue weighted by molar-refractivity contribution is 5.70. The minimum atomic E-state index is -0.181. The number of methoxy groups -OCH3 is 1. The molecule has 4 heteroatoms. The standard InChI is InChI=1S/C14H29NO3/c1-7-11(4)14(15-5)12(17-6)8-13(16)18-9-10(2)3/h10-12,14-15H,7-9H2,1-6H3/t11-,12+,14?/m0/s1. The van der Waals surface area contributed by atoms with Crippen molar-refractivity contribution in [1.29, 1.82) is 0 Å². The molecule has 0 fully saturated rings. The van der Waals surface area contributed by atoms with Gasteiger partial charge in [-0.1, -0.05) is 34.1 Å². The molecule has 18 heavy (non-hydrogen) atoms. The van der Waals surface area contributed by atoms with Gasteiger partial charge in [-0.2, -0.15) is 0 Å². The van der Waals surface area contributed by atoms with E-state index in [-0.39, 0.29) is 18.1 Å². The van der Waals surface area contributed by atoms with Crippen molar-refractivity contribution in [3.63, 3.8) is 0 Å². The number of hydrogen-bond acceptors (Lipinski definition) is 4. The first-order chi connectivity index (χ1) is 8.46. The molecule has 0 radical (unpaired) electrons. The zero-order valence-electron chi connectivity index (χ0n) is 12.7. The fourth-order valence-electron chi connectivity index (χ4n) is 1.93. The average Bonchev–Trinajstić information content (AvgIpc) is 2.35. The van der Waals surface area contributed by atoms with Gasteiger partial charge in [0.2, 0.25) is 0 Å². The molecule has 0 spiro atoms. The summed E-state index contributed by atoms with van der Waals surface area (Å²) in [6, 6.07) is 0.173. The van der Waals surface area contributed by atoms with Crippen LogP contribution >= 0.6 is 0 Å². The Morgan fingerprint density at radius 1 is 1.28 bits per heavy atom. The smallest absolute Gasteiger partial charge is 0.308 e. The minimum absolute atomic E-state index is 0.135. The second-order valence-electron chi connectivity index (χ2n) is 5.26. The van der Waals surface area contributed by atoms with Gasteiger partial charge in [-0.25, -0.2) is 0 Å². The number of likely N-dealkylation sites (N-methyl/N-ethyl adjacent to an activating group) is 1. The molecule has 3 atom stereocenters. The zero-order chi connectivity index (χ0) is 14.1. The average molecular weight is 259 g/mol. The van der Waals surface area contributed by atoms with Crippen molar-refractivity contribution >= 4 is 5.97 Å². The van der Waals surface area contributed by atoms with Crippen molar-refractivity contribution in [1.82, 2.24) is 5.32 Å². The molecule has 108 valence electrons. The summed E-state index contributed by atoms with van der Waals surface area (Å²) in [6.07, 6.45) is 1.22. The third-order valence-electron chi connectivity index (χ3n) is 3.24. The highest BCUT2D eigenvalue weighted by atomic mass is 16.5. The van der Waals surface area contributed by atoms with Crippen LogP contribution < -0.4 is 5.32 Å². The first kappa shape index (κ1) is 17.4. The molecule has 1 unspecified atom stereocenters. The Hall–Kier alpha value is -0.610. The van der Waals surface area contributed by atoms with Gasteiger partial charge in [-0.3, -0.25) is 4.79 Å². The molecule has 0 rings (SSSR count). The number of carbonyl (C=O) groups excluding carboxylic acids is 1. The largest absolute Gasteiger partial charge is 0.465 e. The molecule has 0 aliphatic rings. The topological polar surface area (TPSA) is 47.6 Å². The lowest BCUT2D eigenvalue weighted by Gasteiger charge is -2.29. The number of hydrogen-bond donors (Lipinski definition) is 1. The number of nitrogens with one attached hydrogen (secondary N) is 1. The lowest BCUT2D eigenvalue weighted by Crippen LogP contribution is -2.44. The maximum atomic E-state index is 11.7. The summed E-state index contributed by atoms with van der Waals surface area (Å²) in [5.74, 6) is 0.640. The summed E-state index contributed by atoms with van der Waals surface area (Å²) >= 11 is 0. The first-order valence-electron chi connectivity index (χ1n) is 6.81. The lowest BCUT2D eigenvalue weighted by atomic mass is 9.93. The molecular formula is C14H29NO3. The van der Waals surface area contributed by atoms with Crippen molar-refractivity contribution in [2.75, 3.05) is 20.8 Å². The molecule has 0 aliphatic carbocycles. The number of ether oxygens (including phenoxy) is 2. The summed E-state index contributed by atoms with van der Waals surface area (Å²) in [7, 11) is 3.55. The van der Waals surface area contributed by atoms with Crippen molar-refractivity contribution in [3.05, 3.63) is 0 Å². The Labute approximate surface area is 111 Å². The van der Waals surface area contributed by atoms with Crippen molar-refractivity contribution < 1.29 is 14.3 Å². The van der Waals surface area contributed by atoms with Gasteiger partial charge in [-0.05, 0) is 18.9 Å². The molecule has 0 saturated carbocycles. The van der Waals surface area contributed by atoms with Crippen molar-refractivity contribution in [2.45, 2.75) is 52.7 Å². The summed E-state index contributed by atoms with van der Waals surface area (Å²) in [5, 5.41) is 3.24. The molecule has 0 aromatic rings. The van der Waals surface area contributed by atoms with Crippen LogP contribution in [0.4, 0.5) is 0 Å². The maximum Gasteiger partial charge on any atom is 0.308 e. The van der Waals surface area contributed by atoms with Crippen molar-refractivity contribution in [2.24, 2.45) is 11.8 Å². The second-order valence-corrected chi connectivity index (χ2v) is 5.26. The van der Waals surface area contributed by atoms with E-state index in [1.54, 1.807) is 7.11 Å². The molecule has 0 amide bonds. The Bertz CT molecular complexity index is 231. The highest BCUT2D eigenvalue weighted by Crippen LogP contribution is 2.16. The van der Waals surface area contributed by atoms with E-state index in [0.717, 1.165) is 6.42 Å². The molecule has 0 aliphatic heterocycles. The summed E-state index contributed by atoms with van der Waals surface area (Å²) < 4.78 is 10.6. The number of carbonyl (C=O) groups is 1. The van der Waals surface area contributed by atoms with Gasteiger partial charge >= 0.3 is 5.97 Å². The van der Waals surface area contributed by atoms with E-state index in [2.05, 4.69) is 19.2 Å². The minimum Gasteiger partial charge on any atom is -0.465 e. The van der Waals surface area contributed by atoms with E-state index < -0.39 is 0 Å². The SMILES string of the molecule is CC[C@H](C)C(NC)[C@@H](CC(=O)OCC(C)C)OC. The molecule has 4 nitrogen and oxygen atoms in total. The van der Waals surface area contributed by atoms with E-state index in [9.17, 15) is 4.79 Å². The normalized spacial score (nSPS) is 16.4. The van der Waals surface area contributed by atoms with Crippen LogP contribution in [0.25, 0.3) is 0 Å².